The number of fused-ring (bicyclic) bond motifs is 1. The van der Waals surface area contributed by atoms with E-state index in [2.05, 4.69) is 46.3 Å². The normalized spacial score (nSPS) is 20.2. The summed E-state index contributed by atoms with van der Waals surface area (Å²) in [5, 5.41) is 4.04. The van der Waals surface area contributed by atoms with Gasteiger partial charge in [-0.3, -0.25) is 14.6 Å². The molecule has 144 valence electrons. The third-order valence-corrected chi connectivity index (χ3v) is 5.70. The van der Waals surface area contributed by atoms with Gasteiger partial charge >= 0.3 is 0 Å². The Morgan fingerprint density at radius 2 is 2.11 bits per heavy atom. The summed E-state index contributed by atoms with van der Waals surface area (Å²) in [6.07, 6.45) is 3.43. The van der Waals surface area contributed by atoms with E-state index in [1.54, 1.807) is 0 Å². The molecule has 2 aliphatic heterocycles. The standard InChI is InChI=1S/C21H28N4O2/c1-23(11-9-17-6-3-2-4-7-17)16-19-14-20(22-27-19)21(26)25-13-12-24-10-5-8-18(24)15-25/h2-4,6-7,14,18H,5,8-13,15-16H2,1H3. The average molecular weight is 368 g/mol. The second kappa shape index (κ2) is 8.23. The summed E-state index contributed by atoms with van der Waals surface area (Å²) >= 11 is 0. The van der Waals surface area contributed by atoms with Crippen molar-refractivity contribution in [3.63, 3.8) is 0 Å². The van der Waals surface area contributed by atoms with Crippen molar-refractivity contribution in [2.75, 3.05) is 39.8 Å². The van der Waals surface area contributed by atoms with Crippen molar-refractivity contribution in [1.29, 1.82) is 0 Å². The highest BCUT2D eigenvalue weighted by molar-refractivity contribution is 5.92. The first-order chi connectivity index (χ1) is 13.2. The molecule has 1 amide bonds. The molecule has 0 N–H and O–H groups in total. The van der Waals surface area contributed by atoms with E-state index in [4.69, 9.17) is 4.52 Å². The molecule has 2 aromatic rings. The van der Waals surface area contributed by atoms with E-state index in [-0.39, 0.29) is 5.91 Å². The molecular weight excluding hydrogens is 340 g/mol. The minimum Gasteiger partial charge on any atom is -0.359 e. The van der Waals surface area contributed by atoms with Gasteiger partial charge < -0.3 is 9.42 Å². The summed E-state index contributed by atoms with van der Waals surface area (Å²) in [5.74, 6) is 0.747. The topological polar surface area (TPSA) is 52.8 Å². The van der Waals surface area contributed by atoms with Crippen molar-refractivity contribution in [2.45, 2.75) is 31.8 Å². The average Bonchev–Trinajstić information content (AvgIpc) is 3.35. The van der Waals surface area contributed by atoms with Crippen molar-refractivity contribution in [3.05, 3.63) is 53.4 Å². The van der Waals surface area contributed by atoms with Gasteiger partial charge in [0.1, 0.15) is 0 Å². The number of amides is 1. The maximum absolute atomic E-state index is 12.8. The Kier molecular flexibility index (Phi) is 5.55. The van der Waals surface area contributed by atoms with Crippen molar-refractivity contribution < 1.29 is 9.32 Å². The van der Waals surface area contributed by atoms with E-state index in [1.165, 1.54) is 24.9 Å². The molecule has 6 nitrogen and oxygen atoms in total. The van der Waals surface area contributed by atoms with Crippen LogP contribution in [0.5, 0.6) is 0 Å². The number of aromatic nitrogens is 1. The zero-order chi connectivity index (χ0) is 18.6. The SMILES string of the molecule is CN(CCc1ccccc1)Cc1cc(C(=O)N2CCN3CCCC3C2)no1. The van der Waals surface area contributed by atoms with Crippen LogP contribution in [0.4, 0.5) is 0 Å². The first-order valence-electron chi connectivity index (χ1n) is 9.90. The number of piperazine rings is 1. The predicted octanol–water partition coefficient (Wildman–Crippen LogP) is 2.27. The predicted molar refractivity (Wildman–Crippen MR) is 103 cm³/mol. The first-order valence-corrected chi connectivity index (χ1v) is 9.90. The maximum atomic E-state index is 12.8. The molecule has 1 unspecified atom stereocenters. The van der Waals surface area contributed by atoms with Gasteiger partial charge in [0, 0.05) is 38.3 Å². The summed E-state index contributed by atoms with van der Waals surface area (Å²) in [7, 11) is 2.06. The lowest BCUT2D eigenvalue weighted by molar-refractivity contribution is 0.0561. The second-order valence-corrected chi connectivity index (χ2v) is 7.74. The van der Waals surface area contributed by atoms with Crippen LogP contribution in [0.1, 0.15) is 34.7 Å². The van der Waals surface area contributed by atoms with Crippen molar-refractivity contribution in [1.82, 2.24) is 19.9 Å². The van der Waals surface area contributed by atoms with Crippen LogP contribution in [0, 0.1) is 0 Å². The quantitative estimate of drug-likeness (QED) is 0.783. The fourth-order valence-electron chi connectivity index (χ4n) is 4.14. The van der Waals surface area contributed by atoms with Gasteiger partial charge in [0.05, 0.1) is 6.54 Å². The first kappa shape index (κ1) is 18.2. The molecule has 2 fully saturated rings. The number of carbonyl (C=O) groups excluding carboxylic acids is 1. The van der Waals surface area contributed by atoms with E-state index < -0.39 is 0 Å². The second-order valence-electron chi connectivity index (χ2n) is 7.74. The van der Waals surface area contributed by atoms with Crippen molar-refractivity contribution >= 4 is 5.91 Å². The lowest BCUT2D eigenvalue weighted by Crippen LogP contribution is -2.52. The smallest absolute Gasteiger partial charge is 0.276 e. The minimum atomic E-state index is 0.00323. The molecule has 27 heavy (non-hydrogen) atoms. The summed E-state index contributed by atoms with van der Waals surface area (Å²) < 4.78 is 5.44. The molecule has 6 heteroatoms. The monoisotopic (exact) mass is 368 g/mol. The highest BCUT2D eigenvalue weighted by atomic mass is 16.5. The number of hydrogen-bond donors (Lipinski definition) is 0. The fraction of sp³-hybridized carbons (Fsp3) is 0.524. The van der Waals surface area contributed by atoms with Gasteiger partial charge in [0.25, 0.3) is 5.91 Å². The molecule has 3 heterocycles. The summed E-state index contributed by atoms with van der Waals surface area (Å²) in [4.78, 5) is 19.4. The molecule has 0 radical (unpaired) electrons. The maximum Gasteiger partial charge on any atom is 0.276 e. The summed E-state index contributed by atoms with van der Waals surface area (Å²) in [6.45, 7) is 5.34. The molecule has 0 saturated carbocycles. The molecule has 1 aromatic carbocycles. The third-order valence-electron chi connectivity index (χ3n) is 5.70. The zero-order valence-electron chi connectivity index (χ0n) is 16.0. The van der Waals surface area contributed by atoms with E-state index in [0.717, 1.165) is 38.4 Å². The number of hydrogen-bond acceptors (Lipinski definition) is 5. The number of nitrogens with zero attached hydrogens (tertiary/aromatic N) is 4. The highest BCUT2D eigenvalue weighted by Gasteiger charge is 2.33. The number of likely N-dealkylation sites (N-methyl/N-ethyl adjacent to an activating group) is 1. The number of rotatable bonds is 6. The molecule has 0 aliphatic carbocycles. The van der Waals surface area contributed by atoms with Gasteiger partial charge in [-0.25, -0.2) is 0 Å². The molecule has 1 atom stereocenters. The highest BCUT2D eigenvalue weighted by Crippen LogP contribution is 2.22. The van der Waals surface area contributed by atoms with Crippen molar-refractivity contribution in [3.8, 4) is 0 Å². The van der Waals surface area contributed by atoms with Crippen LogP contribution in [0.15, 0.2) is 40.9 Å². The van der Waals surface area contributed by atoms with Gasteiger partial charge in [0.15, 0.2) is 11.5 Å². The van der Waals surface area contributed by atoms with Crippen LogP contribution >= 0.6 is 0 Å². The Hall–Kier alpha value is -2.18. The Balaban J connectivity index is 1.29. The van der Waals surface area contributed by atoms with Gasteiger partial charge in [0.2, 0.25) is 0 Å². The number of benzene rings is 1. The molecular formula is C21H28N4O2. The fourth-order valence-corrected chi connectivity index (χ4v) is 4.14. The Morgan fingerprint density at radius 3 is 2.96 bits per heavy atom. The lowest BCUT2D eigenvalue weighted by Gasteiger charge is -2.37. The minimum absolute atomic E-state index is 0.00323. The van der Waals surface area contributed by atoms with E-state index >= 15 is 0 Å². The van der Waals surface area contributed by atoms with Crippen LogP contribution in [0.25, 0.3) is 0 Å². The van der Waals surface area contributed by atoms with Gasteiger partial charge in [-0.05, 0) is 38.4 Å². The van der Waals surface area contributed by atoms with Crippen LogP contribution in [-0.4, -0.2) is 71.6 Å². The van der Waals surface area contributed by atoms with Crippen molar-refractivity contribution in [2.24, 2.45) is 0 Å². The van der Waals surface area contributed by atoms with Crippen LogP contribution in [-0.2, 0) is 13.0 Å². The van der Waals surface area contributed by atoms with E-state index in [1.807, 2.05) is 17.0 Å². The van der Waals surface area contributed by atoms with Gasteiger partial charge in [-0.1, -0.05) is 35.5 Å². The zero-order valence-corrected chi connectivity index (χ0v) is 16.0. The van der Waals surface area contributed by atoms with Gasteiger partial charge in [-0.2, -0.15) is 0 Å². The van der Waals surface area contributed by atoms with Crippen LogP contribution in [0.2, 0.25) is 0 Å². The molecule has 2 aliphatic rings. The lowest BCUT2D eigenvalue weighted by atomic mass is 10.1. The summed E-state index contributed by atoms with van der Waals surface area (Å²) in [5.41, 5.74) is 1.76. The molecule has 0 spiro atoms. The van der Waals surface area contributed by atoms with E-state index in [9.17, 15) is 4.79 Å². The van der Waals surface area contributed by atoms with Crippen LogP contribution < -0.4 is 0 Å². The molecule has 1 aromatic heterocycles. The number of carbonyl (C=O) groups is 1. The summed E-state index contributed by atoms with van der Waals surface area (Å²) in [6, 6.07) is 12.8. The molecule has 4 rings (SSSR count). The molecule has 2 saturated heterocycles. The van der Waals surface area contributed by atoms with E-state index in [0.29, 0.717) is 18.3 Å². The largest absolute Gasteiger partial charge is 0.359 e. The Bertz CT molecular complexity index is 761. The Labute approximate surface area is 160 Å². The third kappa shape index (κ3) is 4.39. The Morgan fingerprint density at radius 1 is 1.26 bits per heavy atom. The van der Waals surface area contributed by atoms with Crippen LogP contribution in [0.3, 0.4) is 0 Å². The molecule has 0 bridgehead atoms. The van der Waals surface area contributed by atoms with Gasteiger partial charge in [-0.15, -0.1) is 0 Å².